The fraction of sp³-hybridized carbons (Fsp3) is 0.647. The van der Waals surface area contributed by atoms with Crippen molar-refractivity contribution in [1.82, 2.24) is 5.32 Å². The van der Waals surface area contributed by atoms with Gasteiger partial charge in [0.1, 0.15) is 0 Å². The van der Waals surface area contributed by atoms with Crippen LogP contribution in [0.5, 0.6) is 0 Å². The van der Waals surface area contributed by atoms with Gasteiger partial charge in [0.15, 0.2) is 9.84 Å². The number of sulfone groups is 1. The summed E-state index contributed by atoms with van der Waals surface area (Å²) in [7, 11) is -3.16. The van der Waals surface area contributed by atoms with Gasteiger partial charge in [-0.25, -0.2) is 8.42 Å². The number of hydrogen-bond donors (Lipinski definition) is 1. The quantitative estimate of drug-likeness (QED) is 0.874. The molecule has 0 saturated carbocycles. The minimum atomic E-state index is -3.16. The lowest BCUT2D eigenvalue weighted by atomic mass is 10.0. The third-order valence-corrected chi connectivity index (χ3v) is 6.24. The molecule has 3 nitrogen and oxygen atoms in total. The Bertz CT molecular complexity index is 551. The summed E-state index contributed by atoms with van der Waals surface area (Å²) in [5.74, 6) is 0.138. The minimum absolute atomic E-state index is 0.138. The number of benzene rings is 1. The van der Waals surface area contributed by atoms with Crippen LogP contribution in [0.3, 0.4) is 0 Å². The third-order valence-electron chi connectivity index (χ3n) is 3.61. The molecule has 1 aromatic carbocycles. The van der Waals surface area contributed by atoms with Gasteiger partial charge >= 0.3 is 0 Å². The summed E-state index contributed by atoms with van der Waals surface area (Å²) in [6.07, 6.45) is 0.983. The zero-order valence-corrected chi connectivity index (χ0v) is 15.0. The Morgan fingerprint density at radius 2 is 1.62 bits per heavy atom. The van der Waals surface area contributed by atoms with Crippen molar-refractivity contribution in [3.05, 3.63) is 34.9 Å². The van der Waals surface area contributed by atoms with Gasteiger partial charge < -0.3 is 5.32 Å². The van der Waals surface area contributed by atoms with Crippen LogP contribution in [0.25, 0.3) is 0 Å². The van der Waals surface area contributed by atoms with E-state index in [1.807, 2.05) is 13.8 Å². The average Bonchev–Trinajstić information content (AvgIpc) is 2.31. The first kappa shape index (κ1) is 18.2. The van der Waals surface area contributed by atoms with Gasteiger partial charge in [-0.1, -0.05) is 36.2 Å². The molecule has 0 aliphatic heterocycles. The zero-order valence-electron chi connectivity index (χ0n) is 14.2. The van der Waals surface area contributed by atoms with E-state index < -0.39 is 14.6 Å². The second kappa shape index (κ2) is 6.93. The van der Waals surface area contributed by atoms with Crippen molar-refractivity contribution in [2.24, 2.45) is 0 Å². The van der Waals surface area contributed by atoms with Crippen molar-refractivity contribution in [2.45, 2.75) is 58.8 Å². The highest BCUT2D eigenvalue weighted by molar-refractivity contribution is 7.92. The summed E-state index contributed by atoms with van der Waals surface area (Å²) in [6.45, 7) is 12.3. The molecule has 0 saturated heterocycles. The first-order chi connectivity index (χ1) is 9.56. The highest BCUT2D eigenvalue weighted by atomic mass is 32.2. The molecule has 0 spiro atoms. The molecule has 1 atom stereocenters. The molecule has 1 N–H and O–H groups in total. The van der Waals surface area contributed by atoms with Crippen molar-refractivity contribution in [2.75, 3.05) is 12.3 Å². The van der Waals surface area contributed by atoms with Gasteiger partial charge in [0, 0.05) is 6.04 Å². The summed E-state index contributed by atoms with van der Waals surface area (Å²) in [6, 6.07) is 6.13. The molecule has 1 aromatic rings. The van der Waals surface area contributed by atoms with Crippen molar-refractivity contribution < 1.29 is 8.42 Å². The van der Waals surface area contributed by atoms with E-state index in [1.54, 1.807) is 20.8 Å². The molecule has 0 amide bonds. The Morgan fingerprint density at radius 1 is 1.10 bits per heavy atom. The van der Waals surface area contributed by atoms with Gasteiger partial charge in [-0.3, -0.25) is 0 Å². The lowest BCUT2D eigenvalue weighted by molar-refractivity contribution is 0.526. The van der Waals surface area contributed by atoms with Crippen LogP contribution >= 0.6 is 0 Å². The molecule has 0 radical (unpaired) electrons. The van der Waals surface area contributed by atoms with E-state index in [9.17, 15) is 8.42 Å². The summed E-state index contributed by atoms with van der Waals surface area (Å²) in [5, 5.41) is 3.39. The van der Waals surface area contributed by atoms with E-state index in [0.717, 1.165) is 18.5 Å². The molecule has 1 unspecified atom stereocenters. The van der Waals surface area contributed by atoms with Gasteiger partial charge in [-0.05, 0) is 53.1 Å². The molecule has 0 fully saturated rings. The minimum Gasteiger partial charge on any atom is -0.309 e. The van der Waals surface area contributed by atoms with Crippen LogP contribution in [0.15, 0.2) is 18.2 Å². The Kier molecular flexibility index (Phi) is 6.00. The van der Waals surface area contributed by atoms with E-state index >= 15 is 0 Å². The summed E-state index contributed by atoms with van der Waals surface area (Å²) in [5.41, 5.74) is 3.40. The van der Waals surface area contributed by atoms with Crippen LogP contribution in [0.4, 0.5) is 0 Å². The predicted molar refractivity (Wildman–Crippen MR) is 90.5 cm³/mol. The molecule has 21 heavy (non-hydrogen) atoms. The monoisotopic (exact) mass is 311 g/mol. The molecule has 0 bridgehead atoms. The van der Waals surface area contributed by atoms with Crippen LogP contribution in [0.2, 0.25) is 0 Å². The van der Waals surface area contributed by atoms with Crippen molar-refractivity contribution >= 4 is 9.84 Å². The summed E-state index contributed by atoms with van der Waals surface area (Å²) < 4.78 is 24.3. The Labute approximate surface area is 130 Å². The van der Waals surface area contributed by atoms with Crippen LogP contribution in [-0.4, -0.2) is 25.5 Å². The van der Waals surface area contributed by atoms with Gasteiger partial charge in [0.05, 0.1) is 10.5 Å². The molecule has 4 heteroatoms. The molecule has 1 rings (SSSR count). The average molecular weight is 311 g/mol. The topological polar surface area (TPSA) is 46.2 Å². The SMILES string of the molecule is CCCNC(CS(=O)(=O)C(C)(C)C)c1cc(C)cc(C)c1. The van der Waals surface area contributed by atoms with E-state index in [0.29, 0.717) is 0 Å². The lowest BCUT2D eigenvalue weighted by Crippen LogP contribution is -2.37. The smallest absolute Gasteiger partial charge is 0.157 e. The highest BCUT2D eigenvalue weighted by Crippen LogP contribution is 2.24. The highest BCUT2D eigenvalue weighted by Gasteiger charge is 2.32. The molecular weight excluding hydrogens is 282 g/mol. The Hall–Kier alpha value is -0.870. The maximum Gasteiger partial charge on any atom is 0.157 e. The lowest BCUT2D eigenvalue weighted by Gasteiger charge is -2.25. The Balaban J connectivity index is 3.12. The summed E-state index contributed by atoms with van der Waals surface area (Å²) >= 11 is 0. The second-order valence-electron chi connectivity index (χ2n) is 6.82. The largest absolute Gasteiger partial charge is 0.309 e. The van der Waals surface area contributed by atoms with Crippen molar-refractivity contribution in [3.63, 3.8) is 0 Å². The Morgan fingerprint density at radius 3 is 2.05 bits per heavy atom. The number of nitrogens with one attached hydrogen (secondary N) is 1. The normalized spacial score (nSPS) is 14.2. The van der Waals surface area contributed by atoms with Gasteiger partial charge in [0.25, 0.3) is 0 Å². The second-order valence-corrected chi connectivity index (χ2v) is 9.61. The predicted octanol–water partition coefficient (Wildman–Crippen LogP) is 3.56. The van der Waals surface area contributed by atoms with E-state index in [4.69, 9.17) is 0 Å². The van der Waals surface area contributed by atoms with Crippen LogP contribution in [0.1, 0.15) is 56.8 Å². The van der Waals surface area contributed by atoms with E-state index in [1.165, 1.54) is 11.1 Å². The maximum atomic E-state index is 12.5. The maximum absolute atomic E-state index is 12.5. The van der Waals surface area contributed by atoms with E-state index in [2.05, 4.69) is 30.4 Å². The molecular formula is C17H29NO2S. The third kappa shape index (κ3) is 5.11. The molecule has 0 aromatic heterocycles. The van der Waals surface area contributed by atoms with Crippen LogP contribution < -0.4 is 5.32 Å². The number of aryl methyl sites for hydroxylation is 2. The molecule has 0 heterocycles. The fourth-order valence-electron chi connectivity index (χ4n) is 2.27. The van der Waals surface area contributed by atoms with Gasteiger partial charge in [-0.15, -0.1) is 0 Å². The number of rotatable bonds is 6. The fourth-order valence-corrected chi connectivity index (χ4v) is 3.52. The van der Waals surface area contributed by atoms with Crippen molar-refractivity contribution in [1.29, 1.82) is 0 Å². The first-order valence-corrected chi connectivity index (χ1v) is 9.26. The zero-order chi connectivity index (χ0) is 16.3. The summed E-state index contributed by atoms with van der Waals surface area (Å²) in [4.78, 5) is 0. The molecule has 0 aliphatic carbocycles. The van der Waals surface area contributed by atoms with Crippen molar-refractivity contribution in [3.8, 4) is 0 Å². The standard InChI is InChI=1S/C17H29NO2S/c1-7-8-18-16(12-21(19,20)17(4,5)6)15-10-13(2)9-14(3)11-15/h9-11,16,18H,7-8,12H2,1-6H3. The van der Waals surface area contributed by atoms with Crippen LogP contribution in [-0.2, 0) is 9.84 Å². The first-order valence-electron chi connectivity index (χ1n) is 7.60. The molecule has 120 valence electrons. The molecule has 0 aliphatic rings. The van der Waals surface area contributed by atoms with Gasteiger partial charge in [0.2, 0.25) is 0 Å². The number of hydrogen-bond acceptors (Lipinski definition) is 3. The van der Waals surface area contributed by atoms with Crippen LogP contribution in [0, 0.1) is 13.8 Å². The van der Waals surface area contributed by atoms with E-state index in [-0.39, 0.29) is 11.8 Å². The van der Waals surface area contributed by atoms with Gasteiger partial charge in [-0.2, -0.15) is 0 Å².